The second-order valence-electron chi connectivity index (χ2n) is 2.38. The number of nitrogens with zero attached hydrogens (tertiary/aromatic N) is 1. The van der Waals surface area contributed by atoms with E-state index < -0.39 is 0 Å². The van der Waals surface area contributed by atoms with E-state index in [9.17, 15) is 0 Å². The molecule has 1 aromatic rings. The molecule has 0 saturated heterocycles. The molecule has 1 aromatic heterocycles. The quantitative estimate of drug-likeness (QED) is 0.570. The van der Waals surface area contributed by atoms with Crippen LogP contribution in [0.1, 0.15) is 12.0 Å². The SMILES string of the molecule is ClCCC=Cc1c(Cl)ccnc1Cl. The maximum absolute atomic E-state index is 5.90. The van der Waals surface area contributed by atoms with Crippen LogP contribution in [0.3, 0.4) is 0 Å². The average molecular weight is 237 g/mol. The largest absolute Gasteiger partial charge is 0.244 e. The molecule has 0 aliphatic heterocycles. The highest BCUT2D eigenvalue weighted by Gasteiger charge is 2.01. The molecule has 1 nitrogen and oxygen atoms in total. The van der Waals surface area contributed by atoms with Gasteiger partial charge in [-0.15, -0.1) is 11.6 Å². The number of alkyl halides is 1. The van der Waals surface area contributed by atoms with Gasteiger partial charge in [0.25, 0.3) is 0 Å². The van der Waals surface area contributed by atoms with Crippen molar-refractivity contribution in [3.8, 4) is 0 Å². The molecule has 0 spiro atoms. The Balaban J connectivity index is 2.87. The van der Waals surface area contributed by atoms with Crippen molar-refractivity contribution in [2.24, 2.45) is 0 Å². The first-order chi connectivity index (χ1) is 6.25. The number of rotatable bonds is 3. The van der Waals surface area contributed by atoms with Gasteiger partial charge in [0, 0.05) is 17.6 Å². The van der Waals surface area contributed by atoms with Crippen molar-refractivity contribution in [1.29, 1.82) is 0 Å². The van der Waals surface area contributed by atoms with Crippen molar-refractivity contribution < 1.29 is 0 Å². The molecule has 0 radical (unpaired) electrons. The van der Waals surface area contributed by atoms with E-state index in [1.165, 1.54) is 0 Å². The number of allylic oxidation sites excluding steroid dienone is 1. The molecule has 0 atom stereocenters. The van der Waals surface area contributed by atoms with Crippen LogP contribution in [0.25, 0.3) is 6.08 Å². The van der Waals surface area contributed by atoms with Gasteiger partial charge in [0.15, 0.2) is 0 Å². The molecule has 0 amide bonds. The Morgan fingerprint density at radius 1 is 1.38 bits per heavy atom. The zero-order valence-corrected chi connectivity index (χ0v) is 9.07. The Labute approximate surface area is 92.3 Å². The minimum Gasteiger partial charge on any atom is -0.244 e. The molecule has 1 heterocycles. The van der Waals surface area contributed by atoms with Crippen LogP contribution in [0.5, 0.6) is 0 Å². The van der Waals surface area contributed by atoms with Crippen molar-refractivity contribution in [1.82, 2.24) is 4.98 Å². The van der Waals surface area contributed by atoms with E-state index in [1.807, 2.05) is 12.2 Å². The monoisotopic (exact) mass is 235 g/mol. The molecule has 1 rings (SSSR count). The molecule has 4 heteroatoms. The van der Waals surface area contributed by atoms with Gasteiger partial charge in [0.05, 0.1) is 5.02 Å². The molecule has 0 aliphatic rings. The van der Waals surface area contributed by atoms with E-state index in [0.29, 0.717) is 16.1 Å². The Morgan fingerprint density at radius 2 is 2.15 bits per heavy atom. The van der Waals surface area contributed by atoms with Crippen LogP contribution in [-0.2, 0) is 0 Å². The van der Waals surface area contributed by atoms with Gasteiger partial charge in [0.1, 0.15) is 5.15 Å². The summed E-state index contributed by atoms with van der Waals surface area (Å²) >= 11 is 17.2. The Kier molecular flexibility index (Phi) is 4.57. The predicted octanol–water partition coefficient (Wildman–Crippen LogP) is 4.03. The highest BCUT2D eigenvalue weighted by atomic mass is 35.5. The van der Waals surface area contributed by atoms with Gasteiger partial charge in [-0.2, -0.15) is 0 Å². The van der Waals surface area contributed by atoms with Gasteiger partial charge in [-0.25, -0.2) is 4.98 Å². The fourth-order valence-electron chi connectivity index (χ4n) is 0.839. The Hall–Kier alpha value is -0.240. The summed E-state index contributed by atoms with van der Waals surface area (Å²) in [7, 11) is 0. The summed E-state index contributed by atoms with van der Waals surface area (Å²) in [6, 6.07) is 1.70. The topological polar surface area (TPSA) is 12.9 Å². The molecular weight excluding hydrogens is 228 g/mol. The van der Waals surface area contributed by atoms with Crippen LogP contribution in [0.2, 0.25) is 10.2 Å². The first-order valence-corrected chi connectivity index (χ1v) is 5.07. The van der Waals surface area contributed by atoms with Gasteiger partial charge in [-0.1, -0.05) is 35.4 Å². The highest BCUT2D eigenvalue weighted by Crippen LogP contribution is 2.23. The minimum absolute atomic E-state index is 0.415. The molecule has 13 heavy (non-hydrogen) atoms. The maximum Gasteiger partial charge on any atom is 0.137 e. The van der Waals surface area contributed by atoms with E-state index in [1.54, 1.807) is 12.3 Å². The van der Waals surface area contributed by atoms with E-state index in [0.717, 1.165) is 12.0 Å². The molecule has 0 fully saturated rings. The van der Waals surface area contributed by atoms with Crippen molar-refractivity contribution in [3.05, 3.63) is 34.1 Å². The standard InChI is InChI=1S/C9H8Cl3N/c10-5-2-1-3-7-8(11)4-6-13-9(7)12/h1,3-4,6H,2,5H2. The van der Waals surface area contributed by atoms with E-state index in [2.05, 4.69) is 4.98 Å². The average Bonchev–Trinajstić information content (AvgIpc) is 2.10. The molecule has 0 saturated carbocycles. The van der Waals surface area contributed by atoms with Crippen molar-refractivity contribution in [3.63, 3.8) is 0 Å². The van der Waals surface area contributed by atoms with E-state index >= 15 is 0 Å². The molecule has 0 unspecified atom stereocenters. The summed E-state index contributed by atoms with van der Waals surface area (Å²) < 4.78 is 0. The third kappa shape index (κ3) is 3.18. The first-order valence-electron chi connectivity index (χ1n) is 3.78. The summed E-state index contributed by atoms with van der Waals surface area (Å²) in [6.07, 6.45) is 6.12. The third-order valence-corrected chi connectivity index (χ3v) is 2.30. The third-order valence-electron chi connectivity index (χ3n) is 1.45. The van der Waals surface area contributed by atoms with Gasteiger partial charge in [0.2, 0.25) is 0 Å². The van der Waals surface area contributed by atoms with Crippen LogP contribution >= 0.6 is 34.8 Å². The fraction of sp³-hybridized carbons (Fsp3) is 0.222. The smallest absolute Gasteiger partial charge is 0.137 e. The molecule has 0 aliphatic carbocycles. The highest BCUT2D eigenvalue weighted by molar-refractivity contribution is 6.36. The summed E-state index contributed by atoms with van der Waals surface area (Å²) in [6.45, 7) is 0. The molecule has 70 valence electrons. The van der Waals surface area contributed by atoms with Crippen LogP contribution in [0.15, 0.2) is 18.3 Å². The normalized spacial score (nSPS) is 11.0. The second kappa shape index (κ2) is 5.48. The van der Waals surface area contributed by atoms with Crippen LogP contribution in [0, 0.1) is 0 Å². The van der Waals surface area contributed by atoms with Crippen LogP contribution < -0.4 is 0 Å². The lowest BCUT2D eigenvalue weighted by Gasteiger charge is -1.98. The number of aromatic nitrogens is 1. The van der Waals surface area contributed by atoms with Crippen LogP contribution in [0.4, 0.5) is 0 Å². The Morgan fingerprint density at radius 3 is 2.77 bits per heavy atom. The molecule has 0 N–H and O–H groups in total. The lowest BCUT2D eigenvalue weighted by atomic mass is 10.2. The first kappa shape index (κ1) is 10.8. The second-order valence-corrected chi connectivity index (χ2v) is 3.52. The summed E-state index contributed by atoms with van der Waals surface area (Å²) in [5.41, 5.74) is 0.746. The van der Waals surface area contributed by atoms with Gasteiger partial charge in [-0.05, 0) is 12.5 Å². The summed E-state index contributed by atoms with van der Waals surface area (Å²) in [5.74, 6) is 0.589. The minimum atomic E-state index is 0.415. The van der Waals surface area contributed by atoms with Crippen molar-refractivity contribution in [2.75, 3.05) is 5.88 Å². The molecule has 0 bridgehead atoms. The van der Waals surface area contributed by atoms with Crippen molar-refractivity contribution >= 4 is 40.9 Å². The Bertz CT molecular complexity index is 289. The zero-order chi connectivity index (χ0) is 9.68. The van der Waals surface area contributed by atoms with Gasteiger partial charge >= 0.3 is 0 Å². The number of halogens is 3. The van der Waals surface area contributed by atoms with Crippen LogP contribution in [-0.4, -0.2) is 10.9 Å². The fourth-order valence-corrected chi connectivity index (χ4v) is 1.44. The molecule has 0 aromatic carbocycles. The number of hydrogen-bond donors (Lipinski definition) is 0. The lowest BCUT2D eigenvalue weighted by Crippen LogP contribution is -1.81. The van der Waals surface area contributed by atoms with Crippen molar-refractivity contribution in [2.45, 2.75) is 6.42 Å². The van der Waals surface area contributed by atoms with E-state index in [-0.39, 0.29) is 0 Å². The zero-order valence-electron chi connectivity index (χ0n) is 6.80. The summed E-state index contributed by atoms with van der Waals surface area (Å²) in [5, 5.41) is 1.02. The number of pyridine rings is 1. The van der Waals surface area contributed by atoms with Gasteiger partial charge in [-0.3, -0.25) is 0 Å². The predicted molar refractivity (Wildman–Crippen MR) is 58.6 cm³/mol. The lowest BCUT2D eigenvalue weighted by molar-refractivity contribution is 1.24. The maximum atomic E-state index is 5.90. The van der Waals surface area contributed by atoms with E-state index in [4.69, 9.17) is 34.8 Å². The number of hydrogen-bond acceptors (Lipinski definition) is 1. The van der Waals surface area contributed by atoms with Gasteiger partial charge < -0.3 is 0 Å². The molecular formula is C9H8Cl3N. The summed E-state index contributed by atoms with van der Waals surface area (Å²) in [4.78, 5) is 3.92.